The number of benzene rings is 2. The first-order valence-electron chi connectivity index (χ1n) is 9.57. The van der Waals surface area contributed by atoms with Gasteiger partial charge in [-0.1, -0.05) is 66.7 Å². The molecule has 0 saturated heterocycles. The lowest BCUT2D eigenvalue weighted by Gasteiger charge is -2.15. The number of aromatic nitrogens is 1. The Hall–Kier alpha value is -2.85. The van der Waals surface area contributed by atoms with Gasteiger partial charge in [0, 0.05) is 12.5 Å². The van der Waals surface area contributed by atoms with Crippen molar-refractivity contribution >= 4 is 5.57 Å². The highest BCUT2D eigenvalue weighted by molar-refractivity contribution is 5.79. The molecular weight excluding hydrogens is 336 g/mol. The maximum absolute atomic E-state index is 12.2. The Bertz CT molecular complexity index is 913. The van der Waals surface area contributed by atoms with E-state index in [1.807, 2.05) is 12.1 Å². The summed E-state index contributed by atoms with van der Waals surface area (Å²) in [5.41, 5.74) is 4.33. The summed E-state index contributed by atoms with van der Waals surface area (Å²) in [6.45, 7) is 0.905. The summed E-state index contributed by atoms with van der Waals surface area (Å²) in [6.07, 6.45) is 5.82. The Morgan fingerprint density at radius 1 is 1.04 bits per heavy atom. The zero-order valence-electron chi connectivity index (χ0n) is 15.3. The minimum Gasteiger partial charge on any atom is -0.383 e. The van der Waals surface area contributed by atoms with Gasteiger partial charge in [-0.25, -0.2) is 0 Å². The van der Waals surface area contributed by atoms with Gasteiger partial charge >= 0.3 is 0 Å². The van der Waals surface area contributed by atoms with E-state index in [0.717, 1.165) is 43.6 Å². The van der Waals surface area contributed by atoms with Gasteiger partial charge in [0.1, 0.15) is 5.76 Å². The predicted octanol–water partition coefficient (Wildman–Crippen LogP) is 4.46. The zero-order chi connectivity index (χ0) is 18.5. The molecular formula is C23H24N2O2. The molecule has 4 rings (SSSR count). The van der Waals surface area contributed by atoms with Gasteiger partial charge in [-0.2, -0.15) is 5.16 Å². The third-order valence-electron chi connectivity index (χ3n) is 5.11. The van der Waals surface area contributed by atoms with Crippen molar-refractivity contribution in [2.75, 3.05) is 6.54 Å². The molecule has 0 spiro atoms. The summed E-state index contributed by atoms with van der Waals surface area (Å²) in [5, 5.41) is 6.01. The minimum atomic E-state index is -0.0975. The van der Waals surface area contributed by atoms with E-state index in [1.54, 1.807) is 0 Å². The normalized spacial score (nSPS) is 16.4. The van der Waals surface area contributed by atoms with Crippen LogP contribution in [0.3, 0.4) is 0 Å². The van der Waals surface area contributed by atoms with Gasteiger partial charge in [0.15, 0.2) is 0 Å². The van der Waals surface area contributed by atoms with Gasteiger partial charge in [0.2, 0.25) is 0 Å². The topological polar surface area (TPSA) is 58.0 Å². The maximum Gasteiger partial charge on any atom is 0.284 e. The summed E-state index contributed by atoms with van der Waals surface area (Å²) in [6, 6.07) is 20.9. The number of fused-ring (bicyclic) bond motifs is 1. The van der Waals surface area contributed by atoms with Crippen molar-refractivity contribution in [1.82, 2.24) is 10.5 Å². The third-order valence-corrected chi connectivity index (χ3v) is 5.11. The molecule has 1 aliphatic heterocycles. The number of allylic oxidation sites excluding steroid dienone is 1. The van der Waals surface area contributed by atoms with Gasteiger partial charge in [0.05, 0.1) is 5.56 Å². The van der Waals surface area contributed by atoms with Crippen molar-refractivity contribution in [2.45, 2.75) is 31.7 Å². The molecule has 138 valence electrons. The van der Waals surface area contributed by atoms with Gasteiger partial charge < -0.3 is 9.84 Å². The summed E-state index contributed by atoms with van der Waals surface area (Å²) in [7, 11) is 0. The molecule has 1 aliphatic rings. The number of aromatic amines is 1. The van der Waals surface area contributed by atoms with E-state index in [-0.39, 0.29) is 11.6 Å². The summed E-state index contributed by atoms with van der Waals surface area (Å²) in [5.74, 6) is 0.810. The van der Waals surface area contributed by atoms with E-state index >= 15 is 0 Å². The number of aryl methyl sites for hydroxylation is 1. The number of hydrogen-bond donors (Lipinski definition) is 2. The van der Waals surface area contributed by atoms with Gasteiger partial charge in [-0.3, -0.25) is 4.79 Å². The monoisotopic (exact) mass is 360 g/mol. The van der Waals surface area contributed by atoms with Crippen LogP contribution in [-0.2, 0) is 6.42 Å². The molecule has 4 heteroatoms. The molecule has 3 aromatic rings. The second-order valence-electron chi connectivity index (χ2n) is 6.91. The van der Waals surface area contributed by atoms with E-state index in [9.17, 15) is 4.79 Å². The fourth-order valence-corrected chi connectivity index (χ4v) is 3.79. The Morgan fingerprint density at radius 2 is 1.70 bits per heavy atom. The first kappa shape index (κ1) is 17.6. The first-order valence-corrected chi connectivity index (χ1v) is 9.57. The Labute approximate surface area is 158 Å². The molecule has 2 aromatic carbocycles. The Balaban J connectivity index is 1.58. The van der Waals surface area contributed by atoms with E-state index in [1.165, 1.54) is 16.7 Å². The second kappa shape index (κ2) is 8.23. The largest absolute Gasteiger partial charge is 0.383 e. The van der Waals surface area contributed by atoms with Crippen molar-refractivity contribution in [1.29, 1.82) is 0 Å². The molecule has 0 bridgehead atoms. The lowest BCUT2D eigenvalue weighted by molar-refractivity contribution is 0.376. The highest BCUT2D eigenvalue weighted by Crippen LogP contribution is 2.27. The molecule has 27 heavy (non-hydrogen) atoms. The lowest BCUT2D eigenvalue weighted by Crippen LogP contribution is -2.25. The van der Waals surface area contributed by atoms with E-state index < -0.39 is 0 Å². The van der Waals surface area contributed by atoms with Crippen LogP contribution in [0.15, 0.2) is 76.1 Å². The molecule has 0 amide bonds. The summed E-state index contributed by atoms with van der Waals surface area (Å²) < 4.78 is 5.37. The fraction of sp³-hybridized carbons (Fsp3) is 0.261. The minimum absolute atomic E-state index is 0.0362. The van der Waals surface area contributed by atoms with Crippen LogP contribution in [0.1, 0.15) is 47.8 Å². The average Bonchev–Trinajstić information content (AvgIpc) is 2.96. The molecule has 0 fully saturated rings. The molecule has 1 aromatic heterocycles. The van der Waals surface area contributed by atoms with Crippen LogP contribution in [0, 0.1) is 0 Å². The second-order valence-corrected chi connectivity index (χ2v) is 6.91. The fourth-order valence-electron chi connectivity index (χ4n) is 3.79. The quantitative estimate of drug-likeness (QED) is 0.706. The van der Waals surface area contributed by atoms with Gasteiger partial charge in [-0.05, 0) is 42.5 Å². The van der Waals surface area contributed by atoms with E-state index in [4.69, 9.17) is 4.52 Å². The van der Waals surface area contributed by atoms with Crippen molar-refractivity contribution in [2.24, 2.45) is 0 Å². The molecule has 1 atom stereocenters. The lowest BCUT2D eigenvalue weighted by atomic mass is 9.95. The summed E-state index contributed by atoms with van der Waals surface area (Å²) in [4.78, 5) is 12.2. The van der Waals surface area contributed by atoms with Crippen LogP contribution in [0.2, 0.25) is 0 Å². The third kappa shape index (κ3) is 3.96. The Kier molecular flexibility index (Phi) is 5.35. The van der Waals surface area contributed by atoms with Crippen molar-refractivity contribution in [3.05, 3.63) is 99.5 Å². The standard InChI is InChI=1S/C23H24N2O2/c26-23-22-20(24-16-8-15-21(22)27-25-23)14-7-13-19(17-9-3-1-4-10-17)18-11-5-2-6-12-18/h1-6,9-13,20,24H,7-8,14-16H2,(H,25,26). The smallest absolute Gasteiger partial charge is 0.284 e. The highest BCUT2D eigenvalue weighted by Gasteiger charge is 2.24. The predicted molar refractivity (Wildman–Crippen MR) is 108 cm³/mol. The molecule has 2 heterocycles. The van der Waals surface area contributed by atoms with Gasteiger partial charge in [-0.15, -0.1) is 0 Å². The molecule has 0 saturated carbocycles. The zero-order valence-corrected chi connectivity index (χ0v) is 15.3. The maximum atomic E-state index is 12.2. The molecule has 4 nitrogen and oxygen atoms in total. The van der Waals surface area contributed by atoms with E-state index in [0.29, 0.717) is 0 Å². The van der Waals surface area contributed by atoms with Crippen LogP contribution in [0.25, 0.3) is 5.57 Å². The summed E-state index contributed by atoms with van der Waals surface area (Å²) >= 11 is 0. The van der Waals surface area contributed by atoms with Crippen molar-refractivity contribution in [3.8, 4) is 0 Å². The molecule has 2 N–H and O–H groups in total. The molecule has 1 unspecified atom stereocenters. The SMILES string of the molecule is O=c1[nH]oc2c1C(CCC=C(c1ccccc1)c1ccccc1)NCCC2. The number of rotatable bonds is 5. The van der Waals surface area contributed by atoms with Crippen LogP contribution in [-0.4, -0.2) is 11.7 Å². The first-order chi connectivity index (χ1) is 13.3. The van der Waals surface area contributed by atoms with Crippen LogP contribution >= 0.6 is 0 Å². The van der Waals surface area contributed by atoms with Crippen LogP contribution < -0.4 is 10.9 Å². The van der Waals surface area contributed by atoms with Crippen LogP contribution in [0.4, 0.5) is 0 Å². The van der Waals surface area contributed by atoms with Gasteiger partial charge in [0.25, 0.3) is 5.56 Å². The number of nitrogens with one attached hydrogen (secondary N) is 2. The van der Waals surface area contributed by atoms with Crippen molar-refractivity contribution in [3.63, 3.8) is 0 Å². The molecule has 0 aliphatic carbocycles. The van der Waals surface area contributed by atoms with Crippen LogP contribution in [0.5, 0.6) is 0 Å². The van der Waals surface area contributed by atoms with Crippen molar-refractivity contribution < 1.29 is 4.52 Å². The number of hydrogen-bond acceptors (Lipinski definition) is 3. The highest BCUT2D eigenvalue weighted by atomic mass is 16.5. The Morgan fingerprint density at radius 3 is 2.37 bits per heavy atom. The average molecular weight is 360 g/mol. The number of H-pyrrole nitrogens is 1. The molecule has 0 radical (unpaired) electrons. The van der Waals surface area contributed by atoms with E-state index in [2.05, 4.69) is 65.1 Å².